The molecule has 1 N–H and O–H groups in total. The van der Waals surface area contributed by atoms with E-state index in [-0.39, 0.29) is 45.3 Å². The van der Waals surface area contributed by atoms with Gasteiger partial charge in [0.2, 0.25) is 0 Å². The fourth-order valence-corrected chi connectivity index (χ4v) is 4.54. The molecule has 2 saturated heterocycles. The molecular formula is C14H16Cl2N3NaO5S. The fraction of sp³-hybridized carbons (Fsp3) is 0.571. The predicted molar refractivity (Wildman–Crippen MR) is 93.8 cm³/mol. The molecule has 1 amide bonds. The van der Waals surface area contributed by atoms with Crippen LogP contribution in [0.1, 0.15) is 20.8 Å². The molecule has 0 saturated carbocycles. The number of rotatable bonds is 5. The molecule has 0 aromatic carbocycles. The number of amides is 1. The third-order valence-corrected chi connectivity index (χ3v) is 6.05. The Bertz CT molecular complexity index is 709. The van der Waals surface area contributed by atoms with E-state index in [4.69, 9.17) is 23.2 Å². The number of oxime groups is 1. The van der Waals surface area contributed by atoms with Crippen LogP contribution in [0.15, 0.2) is 20.2 Å². The van der Waals surface area contributed by atoms with Crippen LogP contribution in [0.25, 0.3) is 0 Å². The molecule has 138 valence electrons. The summed E-state index contributed by atoms with van der Waals surface area (Å²) >= 11 is 12.6. The maximum Gasteiger partial charge on any atom is 1.00 e. The van der Waals surface area contributed by atoms with Gasteiger partial charge in [0.05, 0.1) is 0 Å². The van der Waals surface area contributed by atoms with E-state index in [9.17, 15) is 19.8 Å². The van der Waals surface area contributed by atoms with E-state index < -0.39 is 40.0 Å². The van der Waals surface area contributed by atoms with Gasteiger partial charge in [-0.3, -0.25) is 9.79 Å². The van der Waals surface area contributed by atoms with E-state index >= 15 is 0 Å². The van der Waals surface area contributed by atoms with Crippen molar-refractivity contribution in [2.45, 2.75) is 43.0 Å². The van der Waals surface area contributed by atoms with Crippen LogP contribution in [-0.2, 0) is 14.4 Å². The SMILES string of the molecule is CO/N=C(/C([O-])=N[C@@H]1C(=O)N2[C@@H]1SC(C)(C)[C@@H]2C(=O)O)C(C)=C(Cl)Cl.[Na+]. The maximum atomic E-state index is 12.4. The fourth-order valence-electron chi connectivity index (χ4n) is 2.75. The Morgan fingerprint density at radius 3 is 2.46 bits per heavy atom. The monoisotopic (exact) mass is 431 g/mol. The minimum Gasteiger partial charge on any atom is -0.857 e. The Morgan fingerprint density at radius 2 is 2.00 bits per heavy atom. The van der Waals surface area contributed by atoms with Crippen molar-refractivity contribution in [1.29, 1.82) is 0 Å². The van der Waals surface area contributed by atoms with Crippen LogP contribution in [0.2, 0.25) is 0 Å². The number of hydrogen-bond donors (Lipinski definition) is 1. The van der Waals surface area contributed by atoms with E-state index in [1.165, 1.54) is 30.7 Å². The molecular weight excluding hydrogens is 416 g/mol. The van der Waals surface area contributed by atoms with Gasteiger partial charge in [-0.15, -0.1) is 11.8 Å². The second kappa shape index (κ2) is 8.70. The van der Waals surface area contributed by atoms with Crippen LogP contribution in [0.4, 0.5) is 0 Å². The molecule has 0 aromatic heterocycles. The quantitative estimate of drug-likeness (QED) is 0.176. The van der Waals surface area contributed by atoms with Crippen LogP contribution in [0.5, 0.6) is 0 Å². The summed E-state index contributed by atoms with van der Waals surface area (Å²) in [5.41, 5.74) is -0.0591. The molecule has 2 rings (SSSR count). The van der Waals surface area contributed by atoms with Crippen molar-refractivity contribution in [3.05, 3.63) is 10.1 Å². The molecule has 0 aromatic rings. The van der Waals surface area contributed by atoms with Crippen LogP contribution in [0.3, 0.4) is 0 Å². The Labute approximate surface area is 186 Å². The summed E-state index contributed by atoms with van der Waals surface area (Å²) in [4.78, 5) is 33.5. The zero-order chi connectivity index (χ0) is 19.1. The van der Waals surface area contributed by atoms with Crippen LogP contribution >= 0.6 is 35.0 Å². The topological polar surface area (TPSA) is 115 Å². The first-order valence-electron chi connectivity index (χ1n) is 7.14. The molecule has 2 heterocycles. The molecule has 3 atom stereocenters. The summed E-state index contributed by atoms with van der Waals surface area (Å²) in [6, 6.07) is -1.95. The zero-order valence-electron chi connectivity index (χ0n) is 14.8. The summed E-state index contributed by atoms with van der Waals surface area (Å²) in [5.74, 6) is -2.42. The van der Waals surface area contributed by atoms with Crippen LogP contribution in [-0.4, -0.2) is 62.8 Å². The molecule has 0 spiro atoms. The number of hydrogen-bond acceptors (Lipinski definition) is 7. The van der Waals surface area contributed by atoms with Crippen molar-refractivity contribution in [3.63, 3.8) is 0 Å². The minimum atomic E-state index is -1.09. The molecule has 0 radical (unpaired) electrons. The van der Waals surface area contributed by atoms with Gasteiger partial charge in [-0.25, -0.2) is 4.79 Å². The number of carbonyl (C=O) groups excluding carboxylic acids is 1. The number of β-lactam (4-membered cyclic amide) rings is 1. The normalized spacial score (nSPS) is 27.2. The number of nitrogens with zero attached hydrogens (tertiary/aromatic N) is 3. The Morgan fingerprint density at radius 1 is 1.42 bits per heavy atom. The summed E-state index contributed by atoms with van der Waals surface area (Å²) in [5, 5.41) is 24.8. The number of aliphatic carboxylic acids is 1. The van der Waals surface area contributed by atoms with E-state index in [1.54, 1.807) is 13.8 Å². The predicted octanol–water partition coefficient (Wildman–Crippen LogP) is -2.02. The van der Waals surface area contributed by atoms with Crippen LogP contribution < -0.4 is 34.7 Å². The van der Waals surface area contributed by atoms with E-state index in [0.717, 1.165) is 0 Å². The number of thioether (sulfide) groups is 1. The Balaban J connectivity index is 0.00000338. The summed E-state index contributed by atoms with van der Waals surface area (Å²) in [7, 11) is 1.24. The zero-order valence-corrected chi connectivity index (χ0v) is 19.1. The Kier molecular flexibility index (Phi) is 7.90. The number of halogens is 2. The van der Waals surface area contributed by atoms with Crippen molar-refractivity contribution in [3.8, 4) is 0 Å². The van der Waals surface area contributed by atoms with Gasteiger partial charge in [0, 0.05) is 16.2 Å². The van der Waals surface area contributed by atoms with Gasteiger partial charge in [0.1, 0.15) is 28.7 Å². The maximum absolute atomic E-state index is 12.4. The second-order valence-corrected chi connectivity index (χ2v) is 8.71. The molecule has 8 nitrogen and oxygen atoms in total. The average molecular weight is 432 g/mol. The van der Waals surface area contributed by atoms with Crippen molar-refractivity contribution in [2.75, 3.05) is 7.11 Å². The number of carboxylic acid groups (broad SMARTS) is 1. The van der Waals surface area contributed by atoms with Crippen molar-refractivity contribution >= 4 is 58.4 Å². The van der Waals surface area contributed by atoms with E-state index in [1.807, 2.05) is 0 Å². The van der Waals surface area contributed by atoms with Gasteiger partial charge in [0.15, 0.2) is 6.04 Å². The standard InChI is InChI=1S/C14H17Cl2N3O5S.Na/c1-5(9(15)16)6(18-24-4)10(20)17-7-11(21)19-8(13(22)23)14(2,3)25-12(7)19;/h7-8,12H,1-4H3,(H,17,20)(H,22,23);/q;+1/p-1/b18-6+;/t7-,8+,12-;/m1./s1. The third-order valence-electron chi connectivity index (χ3n) is 3.93. The molecule has 2 fully saturated rings. The smallest absolute Gasteiger partial charge is 0.857 e. The van der Waals surface area contributed by atoms with Crippen molar-refractivity contribution in [2.24, 2.45) is 10.1 Å². The summed E-state index contributed by atoms with van der Waals surface area (Å²) in [6.45, 7) is 4.93. The van der Waals surface area contributed by atoms with Crippen LogP contribution in [0, 0.1) is 0 Å². The second-order valence-electron chi connectivity index (χ2n) is 5.99. The van der Waals surface area contributed by atoms with Crippen molar-refractivity contribution < 1.29 is 54.2 Å². The minimum absolute atomic E-state index is 0. The van der Waals surface area contributed by atoms with Gasteiger partial charge in [-0.05, 0) is 20.8 Å². The molecule has 0 bridgehead atoms. The number of carboxylic acids is 1. The van der Waals surface area contributed by atoms with Gasteiger partial charge in [-0.2, -0.15) is 0 Å². The Hall–Kier alpha value is -0.450. The molecule has 2 aliphatic heterocycles. The van der Waals surface area contributed by atoms with Gasteiger partial charge in [0.25, 0.3) is 5.91 Å². The number of carbonyl (C=O) groups is 2. The first-order chi connectivity index (χ1) is 11.5. The molecule has 0 aliphatic carbocycles. The first-order valence-corrected chi connectivity index (χ1v) is 8.77. The van der Waals surface area contributed by atoms with Gasteiger partial charge >= 0.3 is 35.5 Å². The van der Waals surface area contributed by atoms with Gasteiger partial charge in [-0.1, -0.05) is 28.4 Å². The summed E-state index contributed by atoms with van der Waals surface area (Å²) < 4.78 is -0.874. The molecule has 0 unspecified atom stereocenters. The van der Waals surface area contributed by atoms with E-state index in [0.29, 0.717) is 0 Å². The summed E-state index contributed by atoms with van der Waals surface area (Å²) in [6.07, 6.45) is 0. The molecule has 2 aliphatic rings. The molecule has 26 heavy (non-hydrogen) atoms. The largest absolute Gasteiger partial charge is 1.00 e. The average Bonchev–Trinajstić information content (AvgIpc) is 2.77. The van der Waals surface area contributed by atoms with Crippen molar-refractivity contribution in [1.82, 2.24) is 4.90 Å². The number of aliphatic imine (C=N–C) groups is 1. The molecule has 12 heteroatoms. The third kappa shape index (κ3) is 4.18. The van der Waals surface area contributed by atoms with E-state index in [2.05, 4.69) is 15.0 Å². The van der Waals surface area contributed by atoms with Gasteiger partial charge < -0.3 is 20.0 Å². The number of fused-ring (bicyclic) bond motifs is 1. The first kappa shape index (κ1) is 23.6.